The molecule has 0 spiro atoms. The molecule has 4 rings (SSSR count). The van der Waals surface area contributed by atoms with Crippen LogP contribution in [0.25, 0.3) is 0 Å². The number of para-hydroxylation sites is 1. The monoisotopic (exact) mass is 428 g/mol. The second kappa shape index (κ2) is 7.75. The lowest BCUT2D eigenvalue weighted by Gasteiger charge is -2.30. The van der Waals surface area contributed by atoms with Gasteiger partial charge in [-0.1, -0.05) is 18.2 Å². The van der Waals surface area contributed by atoms with Crippen LogP contribution < -0.4 is 15.0 Å². The first kappa shape index (κ1) is 20.4. The number of nitrogens with one attached hydrogen (secondary N) is 1. The number of aryl methyl sites for hydroxylation is 2. The molecule has 0 aromatic heterocycles. The summed E-state index contributed by atoms with van der Waals surface area (Å²) in [4.78, 5) is 26.3. The lowest BCUT2D eigenvalue weighted by Crippen LogP contribution is -2.38. The number of amides is 2. The van der Waals surface area contributed by atoms with Crippen LogP contribution >= 0.6 is 0 Å². The number of anilines is 2. The largest absolute Gasteiger partial charge is 0.482 e. The number of rotatable bonds is 4. The van der Waals surface area contributed by atoms with Crippen LogP contribution in [0.5, 0.6) is 5.75 Å². The molecule has 2 aliphatic rings. The summed E-state index contributed by atoms with van der Waals surface area (Å²) in [5.74, 6) is -0.155. The highest BCUT2D eigenvalue weighted by Crippen LogP contribution is 2.35. The van der Waals surface area contributed by atoms with Gasteiger partial charge in [-0.05, 0) is 49.9 Å². The Hall–Kier alpha value is -2.87. The smallest absolute Gasteiger partial charge is 0.262 e. The third kappa shape index (κ3) is 3.67. The third-order valence-electron chi connectivity index (χ3n) is 5.62. The molecule has 0 saturated carbocycles. The molecule has 0 aliphatic carbocycles. The van der Waals surface area contributed by atoms with Gasteiger partial charge in [-0.15, -0.1) is 0 Å². The SMILES string of the molecule is Cc1cc2c(cc1S(=O)(=O)C(C)CC(=O)N1CCCc3ccccc31)OCC(=O)N2. The number of sulfone groups is 1. The fraction of sp³-hybridized carbons (Fsp3) is 0.364. The van der Waals surface area contributed by atoms with E-state index < -0.39 is 15.1 Å². The van der Waals surface area contributed by atoms with Crippen LogP contribution in [0, 0.1) is 6.92 Å². The molecule has 0 fully saturated rings. The zero-order valence-electron chi connectivity index (χ0n) is 17.0. The van der Waals surface area contributed by atoms with Gasteiger partial charge in [0.1, 0.15) is 5.75 Å². The summed E-state index contributed by atoms with van der Waals surface area (Å²) in [7, 11) is -3.77. The molecule has 7 nitrogen and oxygen atoms in total. The average Bonchev–Trinajstić information content (AvgIpc) is 2.72. The molecule has 2 aliphatic heterocycles. The molecule has 158 valence electrons. The van der Waals surface area contributed by atoms with Gasteiger partial charge in [0.2, 0.25) is 5.91 Å². The quantitative estimate of drug-likeness (QED) is 0.808. The number of nitrogens with zero attached hydrogens (tertiary/aromatic N) is 1. The van der Waals surface area contributed by atoms with Crippen molar-refractivity contribution in [2.75, 3.05) is 23.4 Å². The number of hydrogen-bond donors (Lipinski definition) is 1. The van der Waals surface area contributed by atoms with E-state index in [9.17, 15) is 18.0 Å². The highest BCUT2D eigenvalue weighted by atomic mass is 32.2. The van der Waals surface area contributed by atoms with E-state index in [0.29, 0.717) is 23.5 Å². The van der Waals surface area contributed by atoms with Crippen LogP contribution in [0.4, 0.5) is 11.4 Å². The number of fused-ring (bicyclic) bond motifs is 2. The van der Waals surface area contributed by atoms with E-state index in [0.717, 1.165) is 24.1 Å². The lowest BCUT2D eigenvalue weighted by atomic mass is 10.0. The van der Waals surface area contributed by atoms with Crippen molar-refractivity contribution in [3.05, 3.63) is 47.5 Å². The minimum Gasteiger partial charge on any atom is -0.482 e. The summed E-state index contributed by atoms with van der Waals surface area (Å²) >= 11 is 0. The topological polar surface area (TPSA) is 92.8 Å². The maximum Gasteiger partial charge on any atom is 0.262 e. The maximum atomic E-state index is 13.3. The summed E-state index contributed by atoms with van der Waals surface area (Å²) in [6, 6.07) is 10.8. The minimum absolute atomic E-state index is 0.106. The Kier molecular flexibility index (Phi) is 5.27. The van der Waals surface area contributed by atoms with Gasteiger partial charge < -0.3 is 15.0 Å². The first-order chi connectivity index (χ1) is 14.3. The van der Waals surface area contributed by atoms with Gasteiger partial charge in [-0.2, -0.15) is 0 Å². The molecular formula is C22H24N2O5S. The predicted molar refractivity (Wildman–Crippen MR) is 114 cm³/mol. The van der Waals surface area contributed by atoms with E-state index in [-0.39, 0.29) is 29.7 Å². The summed E-state index contributed by atoms with van der Waals surface area (Å²) in [6.45, 7) is 3.67. The van der Waals surface area contributed by atoms with Crippen LogP contribution in [-0.4, -0.2) is 38.6 Å². The summed E-state index contributed by atoms with van der Waals surface area (Å²) in [5.41, 5.74) is 2.93. The van der Waals surface area contributed by atoms with E-state index in [1.54, 1.807) is 24.8 Å². The van der Waals surface area contributed by atoms with Gasteiger partial charge in [-0.3, -0.25) is 9.59 Å². The second-order valence-corrected chi connectivity index (χ2v) is 10.1. The number of carbonyl (C=O) groups is 2. The zero-order chi connectivity index (χ0) is 21.5. The van der Waals surface area contributed by atoms with Crippen molar-refractivity contribution >= 4 is 33.0 Å². The Bertz CT molecular complexity index is 1130. The Morgan fingerprint density at radius 2 is 2.03 bits per heavy atom. The summed E-state index contributed by atoms with van der Waals surface area (Å²) < 4.78 is 31.9. The van der Waals surface area contributed by atoms with E-state index in [1.165, 1.54) is 6.07 Å². The van der Waals surface area contributed by atoms with E-state index >= 15 is 0 Å². The Labute approximate surface area is 175 Å². The molecule has 0 radical (unpaired) electrons. The molecule has 0 bridgehead atoms. The van der Waals surface area contributed by atoms with Crippen molar-refractivity contribution in [2.24, 2.45) is 0 Å². The molecule has 2 heterocycles. The van der Waals surface area contributed by atoms with Gasteiger partial charge in [0.15, 0.2) is 16.4 Å². The number of benzene rings is 2. The van der Waals surface area contributed by atoms with Gasteiger partial charge in [0.05, 0.1) is 15.8 Å². The van der Waals surface area contributed by atoms with E-state index in [4.69, 9.17) is 4.74 Å². The number of hydrogen-bond acceptors (Lipinski definition) is 5. The Morgan fingerprint density at radius 3 is 2.83 bits per heavy atom. The van der Waals surface area contributed by atoms with Crippen LogP contribution in [0.1, 0.15) is 30.9 Å². The van der Waals surface area contributed by atoms with Crippen LogP contribution in [-0.2, 0) is 25.8 Å². The number of carbonyl (C=O) groups excluding carboxylic acids is 2. The van der Waals surface area contributed by atoms with Crippen molar-refractivity contribution in [1.29, 1.82) is 0 Å². The van der Waals surface area contributed by atoms with E-state index in [2.05, 4.69) is 5.32 Å². The first-order valence-electron chi connectivity index (χ1n) is 9.97. The standard InChI is InChI=1S/C22H24N2O5S/c1-14-10-17-19(29-13-21(25)23-17)12-20(14)30(27,28)15(2)11-22(26)24-9-5-7-16-6-3-4-8-18(16)24/h3-4,6,8,10,12,15H,5,7,9,11,13H2,1-2H3,(H,23,25). The fourth-order valence-electron chi connectivity index (χ4n) is 4.00. The molecule has 1 N–H and O–H groups in total. The van der Waals surface area contributed by atoms with Crippen molar-refractivity contribution < 1.29 is 22.7 Å². The van der Waals surface area contributed by atoms with Crippen molar-refractivity contribution in [2.45, 2.75) is 43.3 Å². The predicted octanol–water partition coefficient (Wildman–Crippen LogP) is 2.86. The lowest BCUT2D eigenvalue weighted by molar-refractivity contribution is -0.119. The third-order valence-corrected chi connectivity index (χ3v) is 7.90. The summed E-state index contributed by atoms with van der Waals surface area (Å²) in [5, 5.41) is 1.78. The highest BCUT2D eigenvalue weighted by Gasteiger charge is 2.32. The molecule has 2 amide bonds. The number of ether oxygens (including phenoxy) is 1. The van der Waals surface area contributed by atoms with Gasteiger partial charge in [0, 0.05) is 24.7 Å². The van der Waals surface area contributed by atoms with Crippen LogP contribution in [0.2, 0.25) is 0 Å². The van der Waals surface area contributed by atoms with Crippen molar-refractivity contribution in [3.63, 3.8) is 0 Å². The van der Waals surface area contributed by atoms with Crippen molar-refractivity contribution in [1.82, 2.24) is 0 Å². The van der Waals surface area contributed by atoms with Gasteiger partial charge >= 0.3 is 0 Å². The minimum atomic E-state index is -3.77. The van der Waals surface area contributed by atoms with E-state index in [1.807, 2.05) is 24.3 Å². The van der Waals surface area contributed by atoms with Crippen LogP contribution in [0.3, 0.4) is 0 Å². The Balaban J connectivity index is 1.57. The van der Waals surface area contributed by atoms with Crippen LogP contribution in [0.15, 0.2) is 41.3 Å². The molecule has 8 heteroatoms. The summed E-state index contributed by atoms with van der Waals surface area (Å²) in [6.07, 6.45) is 1.67. The molecule has 30 heavy (non-hydrogen) atoms. The van der Waals surface area contributed by atoms with Crippen molar-refractivity contribution in [3.8, 4) is 5.75 Å². The fourth-order valence-corrected chi connectivity index (χ4v) is 5.57. The molecule has 1 unspecified atom stereocenters. The highest BCUT2D eigenvalue weighted by molar-refractivity contribution is 7.92. The normalized spacial score (nSPS) is 16.7. The average molecular weight is 429 g/mol. The molecule has 1 atom stereocenters. The zero-order valence-corrected chi connectivity index (χ0v) is 17.8. The maximum absolute atomic E-state index is 13.3. The molecule has 0 saturated heterocycles. The first-order valence-corrected chi connectivity index (χ1v) is 11.5. The second-order valence-electron chi connectivity index (χ2n) is 7.79. The molecular weight excluding hydrogens is 404 g/mol. The molecule has 2 aromatic carbocycles. The molecule has 2 aromatic rings. The Morgan fingerprint density at radius 1 is 1.27 bits per heavy atom. The van der Waals surface area contributed by atoms with Gasteiger partial charge in [-0.25, -0.2) is 8.42 Å². The van der Waals surface area contributed by atoms with Gasteiger partial charge in [0.25, 0.3) is 5.91 Å².